The molecule has 0 nitrogen and oxygen atoms in total. The van der Waals surface area contributed by atoms with Crippen molar-refractivity contribution in [2.45, 2.75) is 19.8 Å². The van der Waals surface area contributed by atoms with Crippen LogP contribution in [0.4, 0.5) is 0 Å². The maximum absolute atomic E-state index is 4.01. The molecule has 0 bridgehead atoms. The Labute approximate surface area is 82.2 Å². The van der Waals surface area contributed by atoms with E-state index in [0.717, 1.165) is 0 Å². The average Bonchev–Trinajstić information content (AvgIpc) is 1.94. The molecular weight excluding hydrogens is 247 g/mol. The number of hydrogen-bond acceptors (Lipinski definition) is 0. The van der Waals surface area contributed by atoms with Crippen molar-refractivity contribution < 1.29 is 0 Å². The van der Waals surface area contributed by atoms with E-state index in [-0.39, 0.29) is 0 Å². The van der Waals surface area contributed by atoms with Crippen LogP contribution >= 0.6 is 22.6 Å². The fraction of sp³-hybridized carbons (Fsp3) is 0.300. The van der Waals surface area contributed by atoms with Gasteiger partial charge in [0.2, 0.25) is 0 Å². The summed E-state index contributed by atoms with van der Waals surface area (Å²) >= 11 is 2.35. The number of rotatable bonds is 1. The molecule has 1 radical (unpaired) electrons. The molecule has 1 aromatic rings. The van der Waals surface area contributed by atoms with E-state index in [1.54, 1.807) is 0 Å². The van der Waals surface area contributed by atoms with Crippen molar-refractivity contribution in [1.29, 1.82) is 0 Å². The lowest BCUT2D eigenvalue weighted by Gasteiger charge is -2.08. The van der Waals surface area contributed by atoms with Crippen LogP contribution in [0.15, 0.2) is 18.2 Å². The third-order valence-corrected chi connectivity index (χ3v) is 2.66. The molecule has 0 saturated carbocycles. The van der Waals surface area contributed by atoms with Crippen molar-refractivity contribution in [2.75, 3.05) is 0 Å². The molecule has 1 unspecified atom stereocenters. The van der Waals surface area contributed by atoms with Crippen LogP contribution < -0.4 is 0 Å². The first-order valence-electron chi connectivity index (χ1n) is 3.70. The molecule has 0 heterocycles. The highest BCUT2D eigenvalue weighted by atomic mass is 127. The number of hydrogen-bond donors (Lipinski definition) is 0. The van der Waals surface area contributed by atoms with E-state index in [2.05, 4.69) is 61.6 Å². The summed E-state index contributed by atoms with van der Waals surface area (Å²) in [4.78, 5) is 0. The fourth-order valence-corrected chi connectivity index (χ4v) is 1.91. The van der Waals surface area contributed by atoms with Gasteiger partial charge in [0, 0.05) is 3.57 Å². The second-order valence-corrected chi connectivity index (χ2v) is 4.09. The Morgan fingerprint density at radius 2 is 2.09 bits per heavy atom. The Kier molecular flexibility index (Phi) is 2.93. The minimum Gasteiger partial charge on any atom is -0.0584 e. The van der Waals surface area contributed by atoms with Gasteiger partial charge >= 0.3 is 0 Å². The van der Waals surface area contributed by atoms with Crippen molar-refractivity contribution in [3.8, 4) is 0 Å². The minimum atomic E-state index is 0.391. The van der Waals surface area contributed by atoms with Gasteiger partial charge in [-0.3, -0.25) is 0 Å². The molecule has 0 amide bonds. The van der Waals surface area contributed by atoms with E-state index in [0.29, 0.717) is 5.92 Å². The summed E-state index contributed by atoms with van der Waals surface area (Å²) in [6.07, 6.45) is 0. The molecule has 11 heavy (non-hydrogen) atoms. The third kappa shape index (κ3) is 2.19. The molecule has 0 aliphatic heterocycles. The van der Waals surface area contributed by atoms with Gasteiger partial charge in [-0.2, -0.15) is 0 Å². The predicted octanol–water partition coefficient (Wildman–Crippen LogP) is 3.54. The Bertz CT molecular complexity index is 251. The highest BCUT2D eigenvalue weighted by molar-refractivity contribution is 14.1. The van der Waals surface area contributed by atoms with Crippen LogP contribution in [0.5, 0.6) is 0 Å². The summed E-state index contributed by atoms with van der Waals surface area (Å²) in [6.45, 7) is 8.24. The summed E-state index contributed by atoms with van der Waals surface area (Å²) in [5.41, 5.74) is 2.67. The molecule has 0 spiro atoms. The molecule has 0 aromatic heterocycles. The van der Waals surface area contributed by atoms with Crippen LogP contribution in [-0.4, -0.2) is 0 Å². The van der Waals surface area contributed by atoms with E-state index in [1.807, 2.05) is 0 Å². The van der Waals surface area contributed by atoms with Crippen LogP contribution in [0, 0.1) is 17.4 Å². The van der Waals surface area contributed by atoms with Crippen molar-refractivity contribution in [3.05, 3.63) is 39.8 Å². The summed E-state index contributed by atoms with van der Waals surface area (Å²) in [5, 5.41) is 0. The van der Waals surface area contributed by atoms with Crippen molar-refractivity contribution in [1.82, 2.24) is 0 Å². The maximum atomic E-state index is 4.01. The normalized spacial score (nSPS) is 10.6. The molecule has 0 aliphatic rings. The highest BCUT2D eigenvalue weighted by Gasteiger charge is 2.03. The van der Waals surface area contributed by atoms with Gasteiger partial charge in [-0.15, -0.1) is 0 Å². The molecule has 59 valence electrons. The van der Waals surface area contributed by atoms with E-state index < -0.39 is 0 Å². The molecule has 1 heteroatoms. The van der Waals surface area contributed by atoms with E-state index in [1.165, 1.54) is 14.7 Å². The lowest BCUT2D eigenvalue weighted by molar-refractivity contribution is 0.952. The summed E-state index contributed by atoms with van der Waals surface area (Å²) in [6, 6.07) is 6.49. The summed E-state index contributed by atoms with van der Waals surface area (Å²) in [7, 11) is 0. The van der Waals surface area contributed by atoms with Gasteiger partial charge in [0.1, 0.15) is 0 Å². The van der Waals surface area contributed by atoms with Crippen molar-refractivity contribution >= 4 is 22.6 Å². The fourth-order valence-electron chi connectivity index (χ4n) is 1.04. The van der Waals surface area contributed by atoms with Crippen LogP contribution in [0.3, 0.4) is 0 Å². The Morgan fingerprint density at radius 3 is 2.55 bits per heavy atom. The van der Waals surface area contributed by atoms with Crippen LogP contribution in [0.2, 0.25) is 0 Å². The topological polar surface area (TPSA) is 0 Å². The molecular formula is C10H12I. The van der Waals surface area contributed by atoms with E-state index in [9.17, 15) is 0 Å². The second kappa shape index (κ2) is 3.57. The van der Waals surface area contributed by atoms with Gasteiger partial charge in [0.25, 0.3) is 0 Å². The lowest BCUT2D eigenvalue weighted by Crippen LogP contribution is -1.92. The Balaban J connectivity index is 3.13. The van der Waals surface area contributed by atoms with Crippen molar-refractivity contribution in [3.63, 3.8) is 0 Å². The molecule has 1 atom stereocenters. The number of benzene rings is 1. The first-order valence-corrected chi connectivity index (χ1v) is 4.78. The molecule has 0 fully saturated rings. The highest BCUT2D eigenvalue weighted by Crippen LogP contribution is 2.21. The first kappa shape index (κ1) is 9.04. The van der Waals surface area contributed by atoms with Gasteiger partial charge in [0.05, 0.1) is 0 Å². The molecule has 0 saturated heterocycles. The first-order chi connectivity index (χ1) is 5.11. The summed E-state index contributed by atoms with van der Waals surface area (Å²) in [5.74, 6) is 0.391. The van der Waals surface area contributed by atoms with Gasteiger partial charge in [-0.25, -0.2) is 0 Å². The zero-order chi connectivity index (χ0) is 8.43. The zero-order valence-corrected chi connectivity index (χ0v) is 9.05. The van der Waals surface area contributed by atoms with E-state index >= 15 is 0 Å². The van der Waals surface area contributed by atoms with Gasteiger partial charge in [-0.05, 0) is 54.0 Å². The zero-order valence-electron chi connectivity index (χ0n) is 6.89. The second-order valence-electron chi connectivity index (χ2n) is 2.93. The standard InChI is InChI=1S/C10H12I/c1-7(2)9-6-8(3)4-5-10(9)11/h4-7H,1H2,2-3H3. The lowest BCUT2D eigenvalue weighted by atomic mass is 10.0. The molecule has 1 rings (SSSR count). The Morgan fingerprint density at radius 1 is 1.45 bits per heavy atom. The van der Waals surface area contributed by atoms with Crippen LogP contribution in [-0.2, 0) is 0 Å². The SMILES string of the molecule is [CH2]C(C)c1cc(C)ccc1I. The maximum Gasteiger partial charge on any atom is 0.0165 e. The number of aryl methyl sites for hydroxylation is 1. The van der Waals surface area contributed by atoms with Gasteiger partial charge < -0.3 is 0 Å². The smallest absolute Gasteiger partial charge is 0.0165 e. The van der Waals surface area contributed by atoms with E-state index in [4.69, 9.17) is 0 Å². The summed E-state index contributed by atoms with van der Waals surface area (Å²) < 4.78 is 1.32. The average molecular weight is 259 g/mol. The van der Waals surface area contributed by atoms with Crippen molar-refractivity contribution in [2.24, 2.45) is 0 Å². The molecule has 1 aromatic carbocycles. The molecule has 0 aliphatic carbocycles. The van der Waals surface area contributed by atoms with Gasteiger partial charge in [0.15, 0.2) is 0 Å². The molecule has 0 N–H and O–H groups in total. The monoisotopic (exact) mass is 259 g/mol. The minimum absolute atomic E-state index is 0.391. The van der Waals surface area contributed by atoms with Crippen LogP contribution in [0.1, 0.15) is 24.0 Å². The quantitative estimate of drug-likeness (QED) is 0.677. The number of halogens is 1. The van der Waals surface area contributed by atoms with Gasteiger partial charge in [-0.1, -0.05) is 24.6 Å². The third-order valence-electron chi connectivity index (χ3n) is 1.68. The Hall–Kier alpha value is -0.0500. The van der Waals surface area contributed by atoms with Crippen LogP contribution in [0.25, 0.3) is 0 Å². The predicted molar refractivity (Wildman–Crippen MR) is 57.7 cm³/mol. The largest absolute Gasteiger partial charge is 0.0584 e.